The van der Waals surface area contributed by atoms with Gasteiger partial charge in [0.1, 0.15) is 0 Å². The van der Waals surface area contributed by atoms with E-state index in [2.05, 4.69) is 10.1 Å². The molecule has 0 aromatic heterocycles. The number of benzene rings is 1. The zero-order chi connectivity index (χ0) is 15.8. The lowest BCUT2D eigenvalue weighted by Gasteiger charge is -2.39. The second kappa shape index (κ2) is 5.61. The van der Waals surface area contributed by atoms with Crippen molar-refractivity contribution in [3.63, 3.8) is 0 Å². The Morgan fingerprint density at radius 1 is 1.23 bits per heavy atom. The molecule has 0 bridgehead atoms. The lowest BCUT2D eigenvalue weighted by molar-refractivity contribution is -0.00992. The molecule has 0 amide bonds. The van der Waals surface area contributed by atoms with Crippen molar-refractivity contribution in [2.45, 2.75) is 44.1 Å². The average molecular weight is 309 g/mol. The third kappa shape index (κ3) is 3.00. The van der Waals surface area contributed by atoms with Crippen LogP contribution in [0.25, 0.3) is 0 Å². The molecule has 1 spiro atoms. The Morgan fingerprint density at radius 2 is 1.95 bits per heavy atom. The van der Waals surface area contributed by atoms with Crippen LogP contribution in [0.4, 0.5) is 8.78 Å². The smallest absolute Gasteiger partial charge is 0.337 e. The fourth-order valence-corrected chi connectivity index (χ4v) is 3.88. The van der Waals surface area contributed by atoms with Crippen LogP contribution in [-0.2, 0) is 4.74 Å². The summed E-state index contributed by atoms with van der Waals surface area (Å²) in [6.07, 6.45) is 2.19. The highest BCUT2D eigenvalue weighted by atomic mass is 19.3. The van der Waals surface area contributed by atoms with Gasteiger partial charge in [0.05, 0.1) is 12.7 Å². The van der Waals surface area contributed by atoms with Gasteiger partial charge in [0, 0.05) is 18.9 Å². The standard InChI is InChI=1S/C17H21F2NO2/c1-22-15(21)13-4-2-12(3-5-13)14-10-16(8-9-20-14)6-7-17(18,19)11-16/h2-5,14,20H,6-11H2,1H3/t14-,16+/m1/s1. The van der Waals surface area contributed by atoms with Crippen molar-refractivity contribution in [1.82, 2.24) is 5.32 Å². The molecule has 2 aliphatic rings. The molecule has 1 saturated carbocycles. The number of alkyl halides is 2. The van der Waals surface area contributed by atoms with E-state index in [-0.39, 0.29) is 30.3 Å². The molecule has 22 heavy (non-hydrogen) atoms. The van der Waals surface area contributed by atoms with Crippen molar-refractivity contribution in [1.29, 1.82) is 0 Å². The highest BCUT2D eigenvalue weighted by Crippen LogP contribution is 2.54. The molecule has 2 atom stereocenters. The highest BCUT2D eigenvalue weighted by Gasteiger charge is 2.50. The maximum absolute atomic E-state index is 13.6. The van der Waals surface area contributed by atoms with E-state index in [1.807, 2.05) is 12.1 Å². The first kappa shape index (κ1) is 15.4. The lowest BCUT2D eigenvalue weighted by Crippen LogP contribution is -2.38. The lowest BCUT2D eigenvalue weighted by atomic mass is 9.73. The van der Waals surface area contributed by atoms with E-state index >= 15 is 0 Å². The van der Waals surface area contributed by atoms with Crippen LogP contribution in [0.15, 0.2) is 24.3 Å². The molecule has 3 rings (SSSR count). The van der Waals surface area contributed by atoms with Gasteiger partial charge in [0.15, 0.2) is 0 Å². The molecule has 1 aliphatic heterocycles. The number of hydrogen-bond acceptors (Lipinski definition) is 3. The van der Waals surface area contributed by atoms with Gasteiger partial charge < -0.3 is 10.1 Å². The molecule has 1 heterocycles. The fourth-order valence-electron chi connectivity index (χ4n) is 3.88. The van der Waals surface area contributed by atoms with Crippen LogP contribution in [0.3, 0.4) is 0 Å². The molecule has 1 saturated heterocycles. The Kier molecular flexibility index (Phi) is 3.93. The van der Waals surface area contributed by atoms with Gasteiger partial charge in [0.25, 0.3) is 0 Å². The number of halogens is 2. The van der Waals surface area contributed by atoms with E-state index in [1.165, 1.54) is 7.11 Å². The van der Waals surface area contributed by atoms with E-state index in [9.17, 15) is 13.6 Å². The number of nitrogens with one attached hydrogen (secondary N) is 1. The molecule has 0 unspecified atom stereocenters. The summed E-state index contributed by atoms with van der Waals surface area (Å²) in [6, 6.07) is 7.31. The van der Waals surface area contributed by atoms with E-state index in [4.69, 9.17) is 0 Å². The molecule has 2 fully saturated rings. The second-order valence-corrected chi connectivity index (χ2v) is 6.61. The molecule has 120 valence electrons. The largest absolute Gasteiger partial charge is 0.465 e. The summed E-state index contributed by atoms with van der Waals surface area (Å²) in [5, 5.41) is 3.42. The summed E-state index contributed by atoms with van der Waals surface area (Å²) in [5.41, 5.74) is 1.31. The Hall–Kier alpha value is -1.49. The number of carbonyl (C=O) groups excluding carboxylic acids is 1. The third-order valence-corrected chi connectivity index (χ3v) is 5.07. The Labute approximate surface area is 129 Å². The maximum atomic E-state index is 13.6. The third-order valence-electron chi connectivity index (χ3n) is 5.07. The Bertz CT molecular complexity index is 558. The first-order valence-corrected chi connectivity index (χ1v) is 7.73. The van der Waals surface area contributed by atoms with Crippen molar-refractivity contribution in [3.8, 4) is 0 Å². The van der Waals surface area contributed by atoms with Gasteiger partial charge in [0.2, 0.25) is 5.92 Å². The minimum atomic E-state index is -2.50. The van der Waals surface area contributed by atoms with Crippen molar-refractivity contribution in [3.05, 3.63) is 35.4 Å². The first-order chi connectivity index (χ1) is 10.4. The van der Waals surface area contributed by atoms with Crippen molar-refractivity contribution >= 4 is 5.97 Å². The van der Waals surface area contributed by atoms with Crippen LogP contribution in [0, 0.1) is 5.41 Å². The summed E-state index contributed by atoms with van der Waals surface area (Å²) in [7, 11) is 1.35. The maximum Gasteiger partial charge on any atom is 0.337 e. The van der Waals surface area contributed by atoms with Crippen molar-refractivity contribution < 1.29 is 18.3 Å². The summed E-state index contributed by atoms with van der Waals surface area (Å²) in [5.74, 6) is -2.87. The predicted molar refractivity (Wildman–Crippen MR) is 79.0 cm³/mol. The van der Waals surface area contributed by atoms with Crippen LogP contribution < -0.4 is 5.32 Å². The summed E-state index contributed by atoms with van der Waals surface area (Å²) < 4.78 is 31.9. The van der Waals surface area contributed by atoms with Gasteiger partial charge >= 0.3 is 5.97 Å². The Balaban J connectivity index is 1.74. The van der Waals surface area contributed by atoms with E-state index < -0.39 is 5.92 Å². The van der Waals surface area contributed by atoms with E-state index in [1.54, 1.807) is 12.1 Å². The zero-order valence-corrected chi connectivity index (χ0v) is 12.7. The average Bonchev–Trinajstić information content (AvgIpc) is 2.81. The quantitative estimate of drug-likeness (QED) is 0.847. The predicted octanol–water partition coefficient (Wildman–Crippen LogP) is 3.70. The first-order valence-electron chi connectivity index (χ1n) is 7.73. The number of hydrogen-bond donors (Lipinski definition) is 1. The molecular formula is C17H21F2NO2. The van der Waals surface area contributed by atoms with E-state index in [0.717, 1.165) is 24.9 Å². The number of carbonyl (C=O) groups is 1. The van der Waals surface area contributed by atoms with E-state index in [0.29, 0.717) is 12.0 Å². The summed E-state index contributed by atoms with van der Waals surface area (Å²) >= 11 is 0. The zero-order valence-electron chi connectivity index (χ0n) is 12.7. The van der Waals surface area contributed by atoms with Crippen LogP contribution in [-0.4, -0.2) is 25.5 Å². The number of esters is 1. The normalized spacial score (nSPS) is 30.4. The summed E-state index contributed by atoms with van der Waals surface area (Å²) in [4.78, 5) is 11.5. The Morgan fingerprint density at radius 3 is 2.55 bits per heavy atom. The molecular weight excluding hydrogens is 288 g/mol. The van der Waals surface area contributed by atoms with Gasteiger partial charge in [-0.15, -0.1) is 0 Å². The fraction of sp³-hybridized carbons (Fsp3) is 0.588. The molecule has 1 aromatic carbocycles. The number of ether oxygens (including phenoxy) is 1. The van der Waals surface area contributed by atoms with Gasteiger partial charge in [-0.05, 0) is 48.9 Å². The van der Waals surface area contributed by atoms with Crippen LogP contribution in [0.5, 0.6) is 0 Å². The molecule has 5 heteroatoms. The minimum Gasteiger partial charge on any atom is -0.465 e. The molecule has 0 radical (unpaired) electrons. The van der Waals surface area contributed by atoms with Crippen molar-refractivity contribution in [2.75, 3.05) is 13.7 Å². The number of methoxy groups -OCH3 is 1. The minimum absolute atomic E-state index is 0.0123. The molecule has 1 aliphatic carbocycles. The monoisotopic (exact) mass is 309 g/mol. The van der Waals surface area contributed by atoms with Crippen molar-refractivity contribution in [2.24, 2.45) is 5.41 Å². The topological polar surface area (TPSA) is 38.3 Å². The molecule has 1 aromatic rings. The van der Waals surface area contributed by atoms with Crippen LogP contribution >= 0.6 is 0 Å². The van der Waals surface area contributed by atoms with Gasteiger partial charge in [-0.3, -0.25) is 0 Å². The number of piperidine rings is 1. The van der Waals surface area contributed by atoms with Gasteiger partial charge in [-0.25, -0.2) is 13.6 Å². The van der Waals surface area contributed by atoms with Gasteiger partial charge in [-0.1, -0.05) is 12.1 Å². The number of rotatable bonds is 2. The van der Waals surface area contributed by atoms with Gasteiger partial charge in [-0.2, -0.15) is 0 Å². The second-order valence-electron chi connectivity index (χ2n) is 6.61. The highest BCUT2D eigenvalue weighted by molar-refractivity contribution is 5.89. The SMILES string of the molecule is COC(=O)c1ccc([C@H]2C[C@@]3(CCN2)CCC(F)(F)C3)cc1. The molecule has 1 N–H and O–H groups in total. The molecule has 3 nitrogen and oxygen atoms in total. The summed E-state index contributed by atoms with van der Waals surface area (Å²) in [6.45, 7) is 0.763. The van der Waals surface area contributed by atoms with Crippen LogP contribution in [0.2, 0.25) is 0 Å². The van der Waals surface area contributed by atoms with Crippen LogP contribution in [0.1, 0.15) is 54.1 Å².